The molecule has 1 aliphatic heterocycles. The number of benzene rings is 1. The minimum absolute atomic E-state index is 0.0305. The molecule has 0 radical (unpaired) electrons. The van der Waals surface area contributed by atoms with Gasteiger partial charge < -0.3 is 15.0 Å². The number of likely N-dealkylation sites (tertiary alicyclic amines) is 1. The van der Waals surface area contributed by atoms with Crippen LogP contribution in [0.4, 0.5) is 0 Å². The van der Waals surface area contributed by atoms with Crippen molar-refractivity contribution in [1.29, 1.82) is 0 Å². The first kappa shape index (κ1) is 16.3. The lowest BCUT2D eigenvalue weighted by molar-refractivity contribution is -0.125. The zero-order valence-corrected chi connectivity index (χ0v) is 14.5. The number of nitrogens with zero attached hydrogens (tertiary/aromatic N) is 3. The minimum Gasteiger partial charge on any atom is -0.507 e. The van der Waals surface area contributed by atoms with E-state index in [1.54, 1.807) is 12.1 Å². The Kier molecular flexibility index (Phi) is 3.95. The van der Waals surface area contributed by atoms with Crippen molar-refractivity contribution in [3.8, 4) is 17.0 Å². The summed E-state index contributed by atoms with van der Waals surface area (Å²) in [5.41, 5.74) is 3.04. The molecular weight excluding hydrogens is 328 g/mol. The van der Waals surface area contributed by atoms with E-state index < -0.39 is 0 Å². The van der Waals surface area contributed by atoms with Crippen molar-refractivity contribution in [2.45, 2.75) is 12.8 Å². The van der Waals surface area contributed by atoms with Crippen LogP contribution >= 0.6 is 0 Å². The summed E-state index contributed by atoms with van der Waals surface area (Å²) in [4.78, 5) is 17.1. The maximum atomic E-state index is 11.9. The molecule has 3 aromatic rings. The van der Waals surface area contributed by atoms with E-state index in [0.29, 0.717) is 29.4 Å². The number of aromatic hydroxyl groups is 1. The molecule has 2 N–H and O–H groups in total. The lowest BCUT2D eigenvalue weighted by atomic mass is 9.95. The second-order valence-electron chi connectivity index (χ2n) is 6.81. The highest BCUT2D eigenvalue weighted by molar-refractivity contribution is 5.87. The third-order valence-corrected chi connectivity index (χ3v) is 5.08. The van der Waals surface area contributed by atoms with E-state index in [0.717, 1.165) is 17.6 Å². The Balaban J connectivity index is 1.67. The van der Waals surface area contributed by atoms with E-state index in [4.69, 9.17) is 0 Å². The molecular formula is C20H20N4O2. The van der Waals surface area contributed by atoms with Crippen molar-refractivity contribution in [2.24, 2.45) is 5.92 Å². The highest BCUT2D eigenvalue weighted by Crippen LogP contribution is 2.34. The van der Waals surface area contributed by atoms with Gasteiger partial charge >= 0.3 is 0 Å². The van der Waals surface area contributed by atoms with E-state index in [-0.39, 0.29) is 17.6 Å². The van der Waals surface area contributed by atoms with Gasteiger partial charge in [0.05, 0.1) is 5.69 Å². The zero-order chi connectivity index (χ0) is 18.3. The van der Waals surface area contributed by atoms with Crippen molar-refractivity contribution in [2.75, 3.05) is 13.1 Å². The summed E-state index contributed by atoms with van der Waals surface area (Å²) in [5, 5.41) is 19.5. The Bertz CT molecular complexity index is 994. The number of hydrogen-bond donors (Lipinski definition) is 2. The first-order chi connectivity index (χ1) is 12.6. The van der Waals surface area contributed by atoms with Crippen LogP contribution < -0.4 is 0 Å². The fourth-order valence-corrected chi connectivity index (χ4v) is 3.66. The Morgan fingerprint density at radius 3 is 2.88 bits per heavy atom. The number of para-hydroxylation sites is 1. The first-order valence-electron chi connectivity index (χ1n) is 8.63. The average Bonchev–Trinajstić information content (AvgIpc) is 3.24. The number of H-pyrrole nitrogens is 1. The molecule has 2 aromatic heterocycles. The maximum absolute atomic E-state index is 11.9. The monoisotopic (exact) mass is 348 g/mol. The van der Waals surface area contributed by atoms with Gasteiger partial charge in [0.2, 0.25) is 5.91 Å². The van der Waals surface area contributed by atoms with Crippen LogP contribution in [0.25, 0.3) is 22.3 Å². The first-order valence-corrected chi connectivity index (χ1v) is 8.63. The topological polar surface area (TPSA) is 82.1 Å². The molecule has 132 valence electrons. The molecule has 6 heteroatoms. The number of carbonyl (C=O) groups is 1. The number of nitrogens with one attached hydrogen (secondary N) is 1. The second kappa shape index (κ2) is 6.29. The van der Waals surface area contributed by atoms with Crippen LogP contribution in [0.5, 0.6) is 5.75 Å². The van der Waals surface area contributed by atoms with Crippen molar-refractivity contribution >= 4 is 16.9 Å². The summed E-state index contributed by atoms with van der Waals surface area (Å²) in [7, 11) is 0. The fourth-order valence-electron chi connectivity index (χ4n) is 3.66. The number of aromatic nitrogens is 3. The molecule has 0 spiro atoms. The highest BCUT2D eigenvalue weighted by Gasteiger charge is 2.33. The van der Waals surface area contributed by atoms with E-state index >= 15 is 0 Å². The largest absolute Gasteiger partial charge is 0.507 e. The second-order valence-corrected chi connectivity index (χ2v) is 6.81. The van der Waals surface area contributed by atoms with E-state index in [1.807, 2.05) is 23.1 Å². The number of phenolic OH excluding ortho intramolecular Hbond substituents is 1. The molecule has 2 atom stereocenters. The number of amides is 1. The summed E-state index contributed by atoms with van der Waals surface area (Å²) < 4.78 is 0. The smallest absolute Gasteiger partial charge is 0.245 e. The quantitative estimate of drug-likeness (QED) is 0.713. The van der Waals surface area contributed by atoms with Crippen LogP contribution in [-0.4, -0.2) is 44.2 Å². The average molecular weight is 348 g/mol. The summed E-state index contributed by atoms with van der Waals surface area (Å²) in [6.45, 7) is 7.10. The molecule has 1 fully saturated rings. The van der Waals surface area contributed by atoms with Crippen molar-refractivity contribution in [3.05, 3.63) is 54.7 Å². The number of aromatic amines is 1. The van der Waals surface area contributed by atoms with Gasteiger partial charge in [0.1, 0.15) is 5.75 Å². The van der Waals surface area contributed by atoms with E-state index in [2.05, 4.69) is 34.8 Å². The lowest BCUT2D eigenvalue weighted by Crippen LogP contribution is -2.26. The lowest BCUT2D eigenvalue weighted by Gasteiger charge is -2.13. The zero-order valence-electron chi connectivity index (χ0n) is 14.5. The Hall–Kier alpha value is -3.15. The van der Waals surface area contributed by atoms with Gasteiger partial charge in [0, 0.05) is 35.7 Å². The normalized spacial score (nSPS) is 19.8. The molecule has 1 amide bonds. The molecule has 3 heterocycles. The van der Waals surface area contributed by atoms with Gasteiger partial charge in [-0.2, -0.15) is 0 Å². The summed E-state index contributed by atoms with van der Waals surface area (Å²) >= 11 is 0. The summed E-state index contributed by atoms with van der Waals surface area (Å²) in [6, 6.07) is 11.1. The number of carbonyl (C=O) groups excluding carboxylic acids is 1. The van der Waals surface area contributed by atoms with Gasteiger partial charge in [-0.3, -0.25) is 4.79 Å². The Morgan fingerprint density at radius 2 is 2.12 bits per heavy atom. The predicted octanol–water partition coefficient (Wildman–Crippen LogP) is 3.08. The molecule has 1 aliphatic rings. The molecule has 0 aliphatic carbocycles. The van der Waals surface area contributed by atoms with E-state index in [9.17, 15) is 9.90 Å². The van der Waals surface area contributed by atoms with Crippen molar-refractivity contribution in [3.63, 3.8) is 0 Å². The SMILES string of the molecule is C=CC(=O)N1C[C@@H](C)[C@@H](c2cc3cc(-c4ccccc4O)nnc3[nH]2)C1. The highest BCUT2D eigenvalue weighted by atomic mass is 16.3. The standard InChI is InChI=1S/C20H20N4O2/c1-3-19(26)24-10-12(2)15(11-24)16-8-13-9-17(22-23-20(13)21-16)14-6-4-5-7-18(14)25/h3-9,12,15,25H,1,10-11H2,2H3,(H,21,23)/t12-,15+/m1/s1. The Morgan fingerprint density at radius 1 is 1.31 bits per heavy atom. The van der Waals surface area contributed by atoms with E-state index in [1.165, 1.54) is 6.08 Å². The van der Waals surface area contributed by atoms with Gasteiger partial charge in [-0.1, -0.05) is 25.6 Å². The third kappa shape index (κ3) is 2.73. The summed E-state index contributed by atoms with van der Waals surface area (Å²) in [6.07, 6.45) is 1.37. The van der Waals surface area contributed by atoms with Crippen LogP contribution in [0.1, 0.15) is 18.5 Å². The van der Waals surface area contributed by atoms with Crippen LogP contribution in [0.2, 0.25) is 0 Å². The van der Waals surface area contributed by atoms with Crippen LogP contribution in [0.15, 0.2) is 49.1 Å². The van der Waals surface area contributed by atoms with Gasteiger partial charge in [-0.25, -0.2) is 0 Å². The number of phenols is 1. The molecule has 1 saturated heterocycles. The van der Waals surface area contributed by atoms with Crippen LogP contribution in [0.3, 0.4) is 0 Å². The molecule has 0 saturated carbocycles. The van der Waals surface area contributed by atoms with Crippen molar-refractivity contribution in [1.82, 2.24) is 20.1 Å². The molecule has 4 rings (SSSR count). The molecule has 0 bridgehead atoms. The number of rotatable bonds is 3. The van der Waals surface area contributed by atoms with Gasteiger partial charge in [-0.05, 0) is 36.3 Å². The third-order valence-electron chi connectivity index (χ3n) is 5.08. The van der Waals surface area contributed by atoms with Crippen LogP contribution in [-0.2, 0) is 4.79 Å². The Labute approximate surface area is 151 Å². The predicted molar refractivity (Wildman–Crippen MR) is 99.7 cm³/mol. The van der Waals surface area contributed by atoms with Gasteiger partial charge in [-0.15, -0.1) is 10.2 Å². The van der Waals surface area contributed by atoms with Crippen molar-refractivity contribution < 1.29 is 9.90 Å². The maximum Gasteiger partial charge on any atom is 0.245 e. The molecule has 1 aromatic carbocycles. The summed E-state index contributed by atoms with van der Waals surface area (Å²) in [5.74, 6) is 0.719. The minimum atomic E-state index is -0.0305. The molecule has 0 unspecified atom stereocenters. The number of hydrogen-bond acceptors (Lipinski definition) is 4. The fraction of sp³-hybridized carbons (Fsp3) is 0.250. The molecule has 6 nitrogen and oxygen atoms in total. The van der Waals surface area contributed by atoms with Gasteiger partial charge in [0.15, 0.2) is 5.65 Å². The molecule has 26 heavy (non-hydrogen) atoms. The van der Waals surface area contributed by atoms with Gasteiger partial charge in [0.25, 0.3) is 0 Å². The van der Waals surface area contributed by atoms with Crippen LogP contribution in [0, 0.1) is 5.92 Å². The number of fused-ring (bicyclic) bond motifs is 1.